The van der Waals surface area contributed by atoms with Crippen LogP contribution in [0.3, 0.4) is 0 Å². The SMILES string of the molecule is CCC[CH2][Sn](/[CH]=C/C(O[Si](C)(C)C(C)(C)C)C(/C=C(\C)CCCCC(=O)N[C@@H](C)c1nc(/C=C\Br)cs1)OCOC)([CH2]CCC)[CH2]CCC. The number of amides is 1. The van der Waals surface area contributed by atoms with Crippen molar-refractivity contribution in [3.63, 3.8) is 0 Å². The van der Waals surface area contributed by atoms with Gasteiger partial charge < -0.3 is 0 Å². The van der Waals surface area contributed by atoms with E-state index in [9.17, 15) is 4.79 Å². The Morgan fingerprint density at radius 2 is 1.61 bits per heavy atom. The van der Waals surface area contributed by atoms with Crippen LogP contribution >= 0.6 is 27.3 Å². The van der Waals surface area contributed by atoms with Gasteiger partial charge in [-0.15, -0.1) is 11.3 Å². The van der Waals surface area contributed by atoms with Crippen molar-refractivity contribution in [2.24, 2.45) is 0 Å². The van der Waals surface area contributed by atoms with E-state index in [4.69, 9.17) is 13.9 Å². The van der Waals surface area contributed by atoms with E-state index in [1.54, 1.807) is 23.4 Å². The van der Waals surface area contributed by atoms with Gasteiger partial charge in [0.15, 0.2) is 0 Å². The summed E-state index contributed by atoms with van der Waals surface area (Å²) in [6.07, 6.45) is 17.2. The third kappa shape index (κ3) is 18.3. The number of thiazole rings is 1. The van der Waals surface area contributed by atoms with Crippen LogP contribution < -0.4 is 5.32 Å². The molecule has 3 atom stereocenters. The van der Waals surface area contributed by atoms with Crippen LogP contribution in [0.25, 0.3) is 6.08 Å². The van der Waals surface area contributed by atoms with Crippen molar-refractivity contribution in [1.29, 1.82) is 0 Å². The monoisotopic (exact) mass is 890 g/mol. The van der Waals surface area contributed by atoms with E-state index >= 15 is 0 Å². The average Bonchev–Trinajstić information content (AvgIpc) is 3.52. The fourth-order valence-corrected chi connectivity index (χ4v) is 22.3. The van der Waals surface area contributed by atoms with Crippen LogP contribution in [0.2, 0.25) is 31.4 Å². The van der Waals surface area contributed by atoms with E-state index in [1.165, 1.54) is 57.4 Å². The molecular formula is C39H71BrN2O4SSiSn. The van der Waals surface area contributed by atoms with Gasteiger partial charge in [-0.05, 0) is 18.0 Å². The second-order valence-electron chi connectivity index (χ2n) is 15.3. The van der Waals surface area contributed by atoms with E-state index in [-0.39, 0.29) is 36.0 Å². The molecule has 1 amide bonds. The van der Waals surface area contributed by atoms with Crippen molar-refractivity contribution >= 4 is 65.9 Å². The summed E-state index contributed by atoms with van der Waals surface area (Å²) in [4.78, 5) is 19.1. The zero-order valence-electron chi connectivity index (χ0n) is 33.0. The molecule has 1 heterocycles. The van der Waals surface area contributed by atoms with Gasteiger partial charge >= 0.3 is 249 Å². The zero-order valence-corrected chi connectivity index (χ0v) is 39.2. The molecule has 282 valence electrons. The molecule has 0 aliphatic heterocycles. The number of hydrogen-bond acceptors (Lipinski definition) is 6. The Hall–Kier alpha value is -0.304. The van der Waals surface area contributed by atoms with E-state index in [1.807, 2.05) is 18.4 Å². The Labute approximate surface area is 318 Å². The fraction of sp³-hybridized carbons (Fsp3) is 0.744. The van der Waals surface area contributed by atoms with Gasteiger partial charge in [-0.3, -0.25) is 0 Å². The first-order valence-electron chi connectivity index (χ1n) is 18.8. The molecule has 1 aromatic rings. The molecular weight excluding hydrogens is 819 g/mol. The van der Waals surface area contributed by atoms with Crippen molar-refractivity contribution in [2.75, 3.05) is 13.9 Å². The third-order valence-corrected chi connectivity index (χ3v) is 29.8. The molecule has 0 saturated carbocycles. The van der Waals surface area contributed by atoms with Crippen molar-refractivity contribution < 1.29 is 18.7 Å². The Morgan fingerprint density at radius 3 is 2.14 bits per heavy atom. The van der Waals surface area contributed by atoms with Gasteiger partial charge in [-0.25, -0.2) is 4.98 Å². The number of hydrogen-bond donors (Lipinski definition) is 1. The minimum absolute atomic E-state index is 0.0696. The molecule has 1 aromatic heterocycles. The van der Waals surface area contributed by atoms with Crippen LogP contribution in [0, 0.1) is 0 Å². The van der Waals surface area contributed by atoms with Gasteiger partial charge in [0.25, 0.3) is 0 Å². The van der Waals surface area contributed by atoms with E-state index < -0.39 is 26.7 Å². The number of unbranched alkanes of at least 4 members (excludes halogenated alkanes) is 4. The molecule has 0 aliphatic rings. The third-order valence-electron chi connectivity index (χ3n) is 9.86. The molecule has 10 heteroatoms. The van der Waals surface area contributed by atoms with Gasteiger partial charge in [0.05, 0.1) is 11.7 Å². The van der Waals surface area contributed by atoms with Gasteiger partial charge in [-0.2, -0.15) is 0 Å². The van der Waals surface area contributed by atoms with E-state index in [0.29, 0.717) is 6.42 Å². The maximum absolute atomic E-state index is 12.7. The maximum atomic E-state index is 12.7. The summed E-state index contributed by atoms with van der Waals surface area (Å²) in [7, 11) is -0.421. The number of halogens is 1. The average molecular weight is 891 g/mol. The Balaban J connectivity index is 3.18. The summed E-state index contributed by atoms with van der Waals surface area (Å²) in [6.45, 7) is 23.0. The minimum atomic E-state index is -2.56. The number of aromatic nitrogens is 1. The predicted octanol–water partition coefficient (Wildman–Crippen LogP) is 12.5. The molecule has 0 aliphatic carbocycles. The first kappa shape index (κ1) is 46.7. The quantitative estimate of drug-likeness (QED) is 0.0434. The zero-order chi connectivity index (χ0) is 36.9. The van der Waals surface area contributed by atoms with Crippen LogP contribution in [0.15, 0.2) is 32.2 Å². The fourth-order valence-electron chi connectivity index (χ4n) is 5.70. The first-order valence-corrected chi connectivity index (χ1v) is 31.2. The van der Waals surface area contributed by atoms with Crippen LogP contribution in [-0.2, 0) is 18.7 Å². The number of carbonyl (C=O) groups excluding carboxylic acids is 1. The molecule has 1 N–H and O–H groups in total. The van der Waals surface area contributed by atoms with Crippen LogP contribution in [0.4, 0.5) is 0 Å². The summed E-state index contributed by atoms with van der Waals surface area (Å²) in [5, 5.41) is 6.12. The second kappa shape index (κ2) is 24.8. The van der Waals surface area contributed by atoms with E-state index in [0.717, 1.165) is 30.0 Å². The summed E-state index contributed by atoms with van der Waals surface area (Å²) < 4.78 is 26.1. The molecule has 0 spiro atoms. The number of ether oxygens (including phenoxy) is 2. The Bertz CT molecular complexity index is 1130. The van der Waals surface area contributed by atoms with Gasteiger partial charge in [0, 0.05) is 5.38 Å². The molecule has 0 saturated heterocycles. The predicted molar refractivity (Wildman–Crippen MR) is 222 cm³/mol. The number of rotatable bonds is 26. The molecule has 2 unspecified atom stereocenters. The van der Waals surface area contributed by atoms with Crippen LogP contribution in [0.1, 0.15) is 136 Å². The summed E-state index contributed by atoms with van der Waals surface area (Å²) in [5.41, 5.74) is 2.16. The van der Waals surface area contributed by atoms with Gasteiger partial charge in [0.2, 0.25) is 0 Å². The summed E-state index contributed by atoms with van der Waals surface area (Å²) in [6, 6.07) is -0.101. The summed E-state index contributed by atoms with van der Waals surface area (Å²) >= 11 is 2.30. The van der Waals surface area contributed by atoms with Gasteiger partial charge in [0.1, 0.15) is 5.01 Å². The second-order valence-corrected chi connectivity index (χ2v) is 34.5. The number of nitrogens with one attached hydrogen (secondary N) is 1. The topological polar surface area (TPSA) is 69.7 Å². The molecule has 1 rings (SSSR count). The molecule has 0 bridgehead atoms. The Kier molecular flexibility index (Phi) is 23.7. The molecule has 6 nitrogen and oxygen atoms in total. The number of allylic oxidation sites excluding steroid dienone is 1. The number of nitrogens with zero attached hydrogens (tertiary/aromatic N) is 1. The van der Waals surface area contributed by atoms with Crippen LogP contribution in [0.5, 0.6) is 0 Å². The molecule has 0 radical (unpaired) electrons. The van der Waals surface area contributed by atoms with Gasteiger partial charge in [-0.1, -0.05) is 15.9 Å². The summed E-state index contributed by atoms with van der Waals surface area (Å²) in [5.74, 6) is 0.0696. The standard InChI is InChI=1S/C27H44BrN2O4SSi.3C4H9.Sn/c1-10-23(34-36(8,9)27(4,5)6)24(33-19-32-7)17-20(2)13-11-12-14-25(31)29-21(3)26-30-22(15-16-28)18-35-26;3*1-3-4-2;/h1,10,15-18,21,23-24H,11-14,19H2,2-9H3,(H,29,31);3*1,3-4H2,2H3;/b10-1?,16-15-,20-17+;;;;/t21-,23?,24?;;;;/m0..../s1. The van der Waals surface area contributed by atoms with Crippen molar-refractivity contribution in [3.05, 3.63) is 42.9 Å². The van der Waals surface area contributed by atoms with E-state index in [2.05, 4.69) is 104 Å². The first-order chi connectivity index (χ1) is 23.2. The molecule has 0 fully saturated rings. The molecule has 0 aromatic carbocycles. The van der Waals surface area contributed by atoms with Crippen LogP contribution in [-0.4, -0.2) is 63.7 Å². The number of carbonyl (C=O) groups is 1. The Morgan fingerprint density at radius 1 is 1.02 bits per heavy atom. The van der Waals surface area contributed by atoms with Crippen molar-refractivity contribution in [3.8, 4) is 0 Å². The number of methoxy groups -OCH3 is 1. The molecule has 49 heavy (non-hydrogen) atoms. The van der Waals surface area contributed by atoms with Crippen molar-refractivity contribution in [1.82, 2.24) is 10.3 Å². The normalized spacial score (nSPS) is 15.3. The van der Waals surface area contributed by atoms with Crippen molar-refractivity contribution in [2.45, 2.75) is 169 Å².